The fourth-order valence-corrected chi connectivity index (χ4v) is 4.35. The normalized spacial score (nSPS) is 24.8. The predicted molar refractivity (Wildman–Crippen MR) is 101 cm³/mol. The molecule has 1 amide bonds. The lowest BCUT2D eigenvalue weighted by atomic mass is 9.77. The number of nitrogens with one attached hydrogen (secondary N) is 1. The predicted octanol–water partition coefficient (Wildman–Crippen LogP) is 2.87. The highest BCUT2D eigenvalue weighted by molar-refractivity contribution is 5.79. The first kappa shape index (κ1) is 18.3. The molecule has 6 nitrogen and oxygen atoms in total. The number of carboxylic acid groups (broad SMARTS) is 1. The van der Waals surface area contributed by atoms with Crippen LogP contribution in [0.5, 0.6) is 0 Å². The molecule has 3 heterocycles. The van der Waals surface area contributed by atoms with Gasteiger partial charge in [-0.2, -0.15) is 5.10 Å². The molecule has 2 aromatic heterocycles. The number of carbonyl (C=O) groups excluding carboxylic acids is 1. The summed E-state index contributed by atoms with van der Waals surface area (Å²) in [4.78, 5) is 16.8. The minimum atomic E-state index is -1.17. The zero-order valence-electron chi connectivity index (χ0n) is 15.5. The zero-order chi connectivity index (χ0) is 19.7. The monoisotopic (exact) mass is 380 g/mol. The second kappa shape index (κ2) is 7.16. The van der Waals surface area contributed by atoms with Gasteiger partial charge in [-0.15, -0.1) is 0 Å². The van der Waals surface area contributed by atoms with Gasteiger partial charge in [-0.05, 0) is 36.8 Å². The molecular weight excluding hydrogens is 359 g/mol. The van der Waals surface area contributed by atoms with Gasteiger partial charge < -0.3 is 9.90 Å². The van der Waals surface area contributed by atoms with Gasteiger partial charge in [0.2, 0.25) is 5.82 Å². The number of aryl methyl sites for hydroxylation is 1. The summed E-state index contributed by atoms with van der Waals surface area (Å²) in [6.45, 7) is 2.47. The molecule has 3 atom stereocenters. The van der Waals surface area contributed by atoms with E-state index in [-0.39, 0.29) is 28.7 Å². The Morgan fingerprint density at radius 3 is 2.61 bits per heavy atom. The van der Waals surface area contributed by atoms with E-state index in [2.05, 4.69) is 15.2 Å². The van der Waals surface area contributed by atoms with Crippen LogP contribution >= 0.6 is 0 Å². The first-order chi connectivity index (χ1) is 13.5. The van der Waals surface area contributed by atoms with Crippen molar-refractivity contribution in [2.45, 2.75) is 25.2 Å². The first-order valence-corrected chi connectivity index (χ1v) is 9.27. The van der Waals surface area contributed by atoms with E-state index < -0.39 is 6.09 Å². The second-order valence-corrected chi connectivity index (χ2v) is 7.35. The highest BCUT2D eigenvalue weighted by atomic mass is 19.1. The van der Waals surface area contributed by atoms with E-state index in [0.717, 1.165) is 16.8 Å². The Kier molecular flexibility index (Phi) is 4.68. The number of amides is 1. The number of quaternary nitrogens is 1. The highest BCUT2D eigenvalue weighted by Crippen LogP contribution is 2.43. The average Bonchev–Trinajstić information content (AvgIpc) is 3.15. The number of hydrogen-bond donors (Lipinski definition) is 1. The van der Waals surface area contributed by atoms with Crippen LogP contribution in [0.25, 0.3) is 0 Å². The summed E-state index contributed by atoms with van der Waals surface area (Å²) in [5.41, 5.74) is 2.57. The molecule has 3 unspecified atom stereocenters. The van der Waals surface area contributed by atoms with Crippen molar-refractivity contribution < 1.29 is 14.3 Å². The number of halogens is 1. The number of aromatic amines is 1. The summed E-state index contributed by atoms with van der Waals surface area (Å²) >= 11 is 0. The summed E-state index contributed by atoms with van der Waals surface area (Å²) in [6, 6.07) is 12.0. The first-order valence-electron chi connectivity index (χ1n) is 9.27. The minimum Gasteiger partial charge on any atom is -0.498 e. The van der Waals surface area contributed by atoms with E-state index in [4.69, 9.17) is 0 Å². The Morgan fingerprint density at radius 2 is 2.00 bits per heavy atom. The molecule has 4 rings (SSSR count). The molecule has 3 aromatic rings. The number of nitrogens with zero attached hydrogens (tertiary/aromatic N) is 3. The Hall–Kier alpha value is -3.06. The number of likely N-dealkylation sites (tertiary alicyclic amines) is 1. The van der Waals surface area contributed by atoms with Crippen molar-refractivity contribution in [1.82, 2.24) is 19.7 Å². The highest BCUT2D eigenvalue weighted by Gasteiger charge is 2.46. The number of hydrogen-bond acceptors (Lipinski definition) is 4. The van der Waals surface area contributed by atoms with Gasteiger partial charge in [0.25, 0.3) is 6.09 Å². The molecule has 0 radical (unpaired) electrons. The van der Waals surface area contributed by atoms with Crippen LogP contribution in [0.2, 0.25) is 0 Å². The molecule has 1 aliphatic rings. The molecule has 0 saturated carbocycles. The molecule has 144 valence electrons. The van der Waals surface area contributed by atoms with Crippen LogP contribution in [0.15, 0.2) is 54.9 Å². The summed E-state index contributed by atoms with van der Waals surface area (Å²) in [5.74, 6) is 0.0796. The molecule has 7 heteroatoms. The Balaban J connectivity index is 1.80. The van der Waals surface area contributed by atoms with Gasteiger partial charge in [-0.3, -0.25) is 4.98 Å². The lowest BCUT2D eigenvalue weighted by molar-refractivity contribution is -0.265. The van der Waals surface area contributed by atoms with Crippen LogP contribution in [0.3, 0.4) is 0 Å². The van der Waals surface area contributed by atoms with Gasteiger partial charge in [0.05, 0.1) is 24.8 Å². The Bertz CT molecular complexity index is 974. The van der Waals surface area contributed by atoms with Crippen molar-refractivity contribution in [2.75, 3.05) is 13.1 Å². The van der Waals surface area contributed by atoms with Crippen molar-refractivity contribution in [2.24, 2.45) is 0 Å². The molecule has 0 aliphatic carbocycles. The van der Waals surface area contributed by atoms with E-state index in [0.29, 0.717) is 18.8 Å². The maximum Gasteiger partial charge on any atom is 0.264 e. The number of piperidine rings is 1. The number of rotatable bonds is 3. The van der Waals surface area contributed by atoms with E-state index in [1.807, 2.05) is 25.1 Å². The van der Waals surface area contributed by atoms with Crippen LogP contribution in [-0.2, 0) is 0 Å². The third kappa shape index (κ3) is 3.07. The largest absolute Gasteiger partial charge is 0.498 e. The quantitative estimate of drug-likeness (QED) is 0.709. The fourth-order valence-electron chi connectivity index (χ4n) is 4.35. The summed E-state index contributed by atoms with van der Waals surface area (Å²) < 4.78 is 13.2. The van der Waals surface area contributed by atoms with E-state index >= 15 is 0 Å². The van der Waals surface area contributed by atoms with E-state index in [1.165, 1.54) is 12.1 Å². The zero-order valence-corrected chi connectivity index (χ0v) is 15.5. The number of aromatic nitrogens is 3. The van der Waals surface area contributed by atoms with Crippen LogP contribution < -0.4 is 9.59 Å². The summed E-state index contributed by atoms with van der Waals surface area (Å²) in [5, 5.41) is 19.2. The molecular formula is C21H21FN4O2. The second-order valence-electron chi connectivity index (χ2n) is 7.35. The maximum absolute atomic E-state index is 13.5. The van der Waals surface area contributed by atoms with Crippen molar-refractivity contribution in [3.63, 3.8) is 0 Å². The molecule has 0 bridgehead atoms. The molecule has 28 heavy (non-hydrogen) atoms. The smallest absolute Gasteiger partial charge is 0.264 e. The van der Waals surface area contributed by atoms with E-state index in [1.54, 1.807) is 24.5 Å². The lowest BCUT2D eigenvalue weighted by Crippen LogP contribution is -2.65. The number of pyridine rings is 1. The van der Waals surface area contributed by atoms with Gasteiger partial charge in [0.15, 0.2) is 0 Å². The average molecular weight is 380 g/mol. The van der Waals surface area contributed by atoms with Gasteiger partial charge in [0.1, 0.15) is 5.82 Å². The van der Waals surface area contributed by atoms with E-state index in [9.17, 15) is 14.3 Å². The fraction of sp³-hybridized carbons (Fsp3) is 0.286. The third-order valence-corrected chi connectivity index (χ3v) is 5.76. The van der Waals surface area contributed by atoms with Crippen LogP contribution in [0.1, 0.15) is 35.1 Å². The van der Waals surface area contributed by atoms with Crippen molar-refractivity contribution in [3.8, 4) is 0 Å². The maximum atomic E-state index is 13.5. The summed E-state index contributed by atoms with van der Waals surface area (Å²) in [6.07, 6.45) is 2.80. The van der Waals surface area contributed by atoms with Gasteiger partial charge in [0, 0.05) is 30.1 Å². The number of benzene rings is 1. The van der Waals surface area contributed by atoms with Crippen molar-refractivity contribution >= 4 is 11.9 Å². The molecule has 1 aromatic carbocycles. The molecule has 1 aliphatic heterocycles. The van der Waals surface area contributed by atoms with Crippen LogP contribution in [0, 0.1) is 12.7 Å². The van der Waals surface area contributed by atoms with Gasteiger partial charge >= 0.3 is 0 Å². The Labute approximate surface area is 162 Å². The number of carbonyl (C=O) groups is 1. The van der Waals surface area contributed by atoms with Crippen molar-refractivity contribution in [1.29, 1.82) is 0 Å². The van der Waals surface area contributed by atoms with Gasteiger partial charge in [-0.1, -0.05) is 18.2 Å². The molecule has 1 fully saturated rings. The number of H-pyrrole nitrogens is 1. The molecule has 1 N–H and O–H groups in total. The minimum absolute atomic E-state index is 0.0282. The molecule has 1 saturated heterocycles. The lowest BCUT2D eigenvalue weighted by Gasteiger charge is -2.45. The summed E-state index contributed by atoms with van der Waals surface area (Å²) in [7, 11) is 0. The van der Waals surface area contributed by atoms with Gasteiger partial charge in [-0.25, -0.2) is 14.0 Å². The standard InChI is InChI=1S/C21H21FN4O2/c1-14-12-24-25-20(14)26(21(27)28)11-9-17(19-4-2-3-10-23-19)18(13-26)15-5-7-16(22)8-6-15/h2-8,10,12,17-18H,9,11,13H2,1H3,(H-,24,25,27,28). The Morgan fingerprint density at radius 1 is 1.21 bits per heavy atom. The SMILES string of the molecule is Cc1cn[nH]c1[N+]1(C(=O)[O-])CCC(c2ccccn2)C(c2ccc(F)cc2)C1. The van der Waals surface area contributed by atoms with Crippen LogP contribution in [0.4, 0.5) is 15.0 Å². The van der Waals surface area contributed by atoms with Crippen molar-refractivity contribution in [3.05, 3.63) is 77.5 Å². The van der Waals surface area contributed by atoms with Crippen LogP contribution in [-0.4, -0.2) is 34.4 Å². The third-order valence-electron chi connectivity index (χ3n) is 5.76. The topological polar surface area (TPSA) is 81.7 Å². The molecule has 0 spiro atoms.